The van der Waals surface area contributed by atoms with Crippen LogP contribution >= 0.6 is 15.9 Å². The molecule has 0 aliphatic heterocycles. The number of pyridine rings is 1. The standard InChI is InChI=1S/C13H11BrN2O4/c1-16(7-8-4-5-10(14)20-8)12(17)11-9(13(18)19)3-2-6-15-11/h2-6H,7H2,1H3,(H,18,19). The van der Waals surface area contributed by atoms with E-state index in [2.05, 4.69) is 20.9 Å². The number of carbonyl (C=O) groups excluding carboxylic acids is 1. The Morgan fingerprint density at radius 1 is 1.40 bits per heavy atom. The van der Waals surface area contributed by atoms with Crippen LogP contribution in [0.5, 0.6) is 0 Å². The van der Waals surface area contributed by atoms with Gasteiger partial charge in [-0.25, -0.2) is 4.79 Å². The molecule has 0 saturated heterocycles. The fourth-order valence-electron chi connectivity index (χ4n) is 1.67. The molecule has 0 aromatic carbocycles. The third kappa shape index (κ3) is 3.05. The van der Waals surface area contributed by atoms with Gasteiger partial charge < -0.3 is 14.4 Å². The Hall–Kier alpha value is -2.15. The Balaban J connectivity index is 2.20. The molecule has 20 heavy (non-hydrogen) atoms. The molecular formula is C13H11BrN2O4. The zero-order valence-electron chi connectivity index (χ0n) is 10.5. The van der Waals surface area contributed by atoms with Crippen molar-refractivity contribution in [2.45, 2.75) is 6.54 Å². The SMILES string of the molecule is CN(Cc1ccc(Br)o1)C(=O)c1ncccc1C(=O)O. The van der Waals surface area contributed by atoms with Gasteiger partial charge in [0.1, 0.15) is 11.5 Å². The number of rotatable bonds is 4. The summed E-state index contributed by atoms with van der Waals surface area (Å²) in [5.74, 6) is -1.08. The van der Waals surface area contributed by atoms with Crippen molar-refractivity contribution in [1.82, 2.24) is 9.88 Å². The summed E-state index contributed by atoms with van der Waals surface area (Å²) in [6, 6.07) is 6.27. The number of aromatic nitrogens is 1. The minimum Gasteiger partial charge on any atom is -0.478 e. The fraction of sp³-hybridized carbons (Fsp3) is 0.154. The smallest absolute Gasteiger partial charge is 0.338 e. The quantitative estimate of drug-likeness (QED) is 0.925. The summed E-state index contributed by atoms with van der Waals surface area (Å²) in [4.78, 5) is 28.5. The van der Waals surface area contributed by atoms with Crippen molar-refractivity contribution in [3.05, 3.63) is 52.1 Å². The third-order valence-electron chi connectivity index (χ3n) is 2.61. The van der Waals surface area contributed by atoms with Crippen LogP contribution in [-0.2, 0) is 6.54 Å². The van der Waals surface area contributed by atoms with Crippen molar-refractivity contribution < 1.29 is 19.1 Å². The maximum Gasteiger partial charge on any atom is 0.338 e. The van der Waals surface area contributed by atoms with E-state index in [4.69, 9.17) is 9.52 Å². The van der Waals surface area contributed by atoms with Crippen LogP contribution in [0, 0.1) is 0 Å². The predicted molar refractivity (Wildman–Crippen MR) is 73.4 cm³/mol. The van der Waals surface area contributed by atoms with Gasteiger partial charge in [0.15, 0.2) is 4.67 Å². The van der Waals surface area contributed by atoms with Gasteiger partial charge in [-0.15, -0.1) is 0 Å². The van der Waals surface area contributed by atoms with Crippen molar-refractivity contribution in [3.63, 3.8) is 0 Å². The topological polar surface area (TPSA) is 83.6 Å². The van der Waals surface area contributed by atoms with Crippen LogP contribution in [0.2, 0.25) is 0 Å². The summed E-state index contributed by atoms with van der Waals surface area (Å²) in [6.07, 6.45) is 1.39. The number of hydrogen-bond donors (Lipinski definition) is 1. The molecule has 2 aromatic heterocycles. The molecule has 0 unspecified atom stereocenters. The van der Waals surface area contributed by atoms with E-state index in [9.17, 15) is 9.59 Å². The molecule has 0 spiro atoms. The lowest BCUT2D eigenvalue weighted by molar-refractivity contribution is 0.0676. The molecular weight excluding hydrogens is 328 g/mol. The summed E-state index contributed by atoms with van der Waals surface area (Å²) in [5.41, 5.74) is -0.210. The Labute approximate surface area is 123 Å². The maximum absolute atomic E-state index is 12.2. The predicted octanol–water partition coefficient (Wildman–Crippen LogP) is 2.41. The summed E-state index contributed by atoms with van der Waals surface area (Å²) in [5, 5.41) is 9.05. The van der Waals surface area contributed by atoms with E-state index in [1.807, 2.05) is 0 Å². The number of halogens is 1. The first-order valence-electron chi connectivity index (χ1n) is 5.67. The van der Waals surface area contributed by atoms with Crippen molar-refractivity contribution in [1.29, 1.82) is 0 Å². The van der Waals surface area contributed by atoms with Gasteiger partial charge in [-0.1, -0.05) is 0 Å². The first kappa shape index (κ1) is 14.3. The minimum atomic E-state index is -1.18. The second kappa shape index (κ2) is 5.87. The molecule has 0 saturated carbocycles. The molecule has 6 nitrogen and oxygen atoms in total. The van der Waals surface area contributed by atoms with Crippen molar-refractivity contribution >= 4 is 27.8 Å². The van der Waals surface area contributed by atoms with Gasteiger partial charge in [-0.3, -0.25) is 9.78 Å². The largest absolute Gasteiger partial charge is 0.478 e. The van der Waals surface area contributed by atoms with Crippen molar-refractivity contribution in [2.75, 3.05) is 7.05 Å². The molecule has 1 N–H and O–H groups in total. The molecule has 0 fully saturated rings. The van der Waals surface area contributed by atoms with Gasteiger partial charge >= 0.3 is 5.97 Å². The van der Waals surface area contributed by atoms with Gasteiger partial charge in [0.05, 0.1) is 12.1 Å². The average molecular weight is 339 g/mol. The van der Waals surface area contributed by atoms with Crippen LogP contribution in [0.1, 0.15) is 26.6 Å². The number of amides is 1. The molecule has 7 heteroatoms. The van der Waals surface area contributed by atoms with Crippen LogP contribution in [0.15, 0.2) is 39.5 Å². The normalized spacial score (nSPS) is 10.3. The van der Waals surface area contributed by atoms with Gasteiger partial charge in [0.2, 0.25) is 0 Å². The lowest BCUT2D eigenvalue weighted by Crippen LogP contribution is -2.28. The zero-order chi connectivity index (χ0) is 14.7. The summed E-state index contributed by atoms with van der Waals surface area (Å²) in [7, 11) is 1.55. The van der Waals surface area contributed by atoms with E-state index in [-0.39, 0.29) is 17.8 Å². The molecule has 0 aliphatic carbocycles. The van der Waals surface area contributed by atoms with Crippen LogP contribution in [0.3, 0.4) is 0 Å². The summed E-state index contributed by atoms with van der Waals surface area (Å²) in [6.45, 7) is 0.222. The number of aromatic carboxylic acids is 1. The first-order chi connectivity index (χ1) is 9.49. The highest BCUT2D eigenvalue weighted by molar-refractivity contribution is 9.10. The molecule has 0 bridgehead atoms. The number of hydrogen-bond acceptors (Lipinski definition) is 4. The highest BCUT2D eigenvalue weighted by atomic mass is 79.9. The number of furan rings is 1. The monoisotopic (exact) mass is 338 g/mol. The van der Waals surface area contributed by atoms with Crippen molar-refractivity contribution in [2.24, 2.45) is 0 Å². The number of nitrogens with zero attached hydrogens (tertiary/aromatic N) is 2. The van der Waals surface area contributed by atoms with Crippen LogP contribution in [0.4, 0.5) is 0 Å². The molecule has 0 radical (unpaired) electrons. The summed E-state index contributed by atoms with van der Waals surface area (Å²) < 4.78 is 5.87. The molecule has 1 amide bonds. The highest BCUT2D eigenvalue weighted by Crippen LogP contribution is 2.16. The minimum absolute atomic E-state index is 0.0897. The van der Waals surface area contributed by atoms with E-state index in [0.29, 0.717) is 10.4 Å². The van der Waals surface area contributed by atoms with Gasteiger partial charge in [-0.05, 0) is 40.2 Å². The second-order valence-corrected chi connectivity index (χ2v) is 4.85. The van der Waals surface area contributed by atoms with Gasteiger partial charge in [0, 0.05) is 13.2 Å². The van der Waals surface area contributed by atoms with E-state index in [0.717, 1.165) is 0 Å². The Bertz CT molecular complexity index is 653. The average Bonchev–Trinajstić information content (AvgIpc) is 2.83. The number of carbonyl (C=O) groups is 2. The Morgan fingerprint density at radius 2 is 2.15 bits per heavy atom. The van der Waals surface area contributed by atoms with Crippen LogP contribution < -0.4 is 0 Å². The van der Waals surface area contributed by atoms with E-state index in [1.165, 1.54) is 23.2 Å². The van der Waals surface area contributed by atoms with E-state index >= 15 is 0 Å². The molecule has 2 rings (SSSR count). The zero-order valence-corrected chi connectivity index (χ0v) is 12.1. The Morgan fingerprint density at radius 3 is 2.75 bits per heavy atom. The first-order valence-corrected chi connectivity index (χ1v) is 6.46. The summed E-state index contributed by atoms with van der Waals surface area (Å²) >= 11 is 3.17. The van der Waals surface area contributed by atoms with Crippen LogP contribution in [-0.4, -0.2) is 33.9 Å². The third-order valence-corrected chi connectivity index (χ3v) is 3.04. The van der Waals surface area contributed by atoms with Crippen molar-refractivity contribution in [3.8, 4) is 0 Å². The van der Waals surface area contributed by atoms with E-state index < -0.39 is 11.9 Å². The van der Waals surface area contributed by atoms with Crippen LogP contribution in [0.25, 0.3) is 0 Å². The molecule has 2 aromatic rings. The molecule has 2 heterocycles. The molecule has 104 valence electrons. The Kier molecular flexibility index (Phi) is 4.19. The maximum atomic E-state index is 12.2. The lowest BCUT2D eigenvalue weighted by atomic mass is 10.2. The second-order valence-electron chi connectivity index (χ2n) is 4.07. The fourth-order valence-corrected chi connectivity index (χ4v) is 2.01. The lowest BCUT2D eigenvalue weighted by Gasteiger charge is -2.16. The van der Waals surface area contributed by atoms with Gasteiger partial charge in [-0.2, -0.15) is 0 Å². The van der Waals surface area contributed by atoms with Gasteiger partial charge in [0.25, 0.3) is 5.91 Å². The number of carboxylic acids is 1. The molecule has 0 atom stereocenters. The molecule has 0 aliphatic rings. The van der Waals surface area contributed by atoms with E-state index in [1.54, 1.807) is 19.2 Å². The highest BCUT2D eigenvalue weighted by Gasteiger charge is 2.21. The number of carboxylic acid groups (broad SMARTS) is 1.